The summed E-state index contributed by atoms with van der Waals surface area (Å²) in [4.78, 5) is 25.7. The van der Waals surface area contributed by atoms with E-state index in [1.54, 1.807) is 24.3 Å². The molecule has 0 heterocycles. The number of carbonyl (C=O) groups excluding carboxylic acids is 2. The minimum atomic E-state index is -0.161. The predicted molar refractivity (Wildman–Crippen MR) is 164 cm³/mol. The van der Waals surface area contributed by atoms with Crippen LogP contribution in [-0.4, -0.2) is 25.0 Å². The second-order valence-electron chi connectivity index (χ2n) is 10.3. The Morgan fingerprint density at radius 2 is 1.02 bits per heavy atom. The van der Waals surface area contributed by atoms with Crippen LogP contribution in [0.5, 0.6) is 11.5 Å². The number of carbonyl (C=O) groups is 2. The summed E-state index contributed by atoms with van der Waals surface area (Å²) in [5, 5.41) is 6.03. The molecule has 4 aromatic rings. The van der Waals surface area contributed by atoms with Gasteiger partial charge in [-0.1, -0.05) is 38.8 Å². The Labute approximate surface area is 241 Å². The summed E-state index contributed by atoms with van der Waals surface area (Å²) < 4.78 is 11.4. The Kier molecular flexibility index (Phi) is 8.99. The van der Waals surface area contributed by atoms with Gasteiger partial charge in [-0.2, -0.15) is 0 Å². The molecule has 1 aliphatic carbocycles. The second kappa shape index (κ2) is 13.2. The van der Waals surface area contributed by atoms with Gasteiger partial charge >= 0.3 is 0 Å². The van der Waals surface area contributed by atoms with Crippen molar-refractivity contribution < 1.29 is 19.1 Å². The lowest BCUT2D eigenvalue weighted by Gasteiger charge is -2.10. The van der Waals surface area contributed by atoms with Crippen LogP contribution < -0.4 is 20.1 Å². The van der Waals surface area contributed by atoms with Crippen molar-refractivity contribution in [2.75, 3.05) is 23.8 Å². The van der Waals surface area contributed by atoms with E-state index in [2.05, 4.69) is 24.5 Å². The van der Waals surface area contributed by atoms with Crippen LogP contribution in [0.2, 0.25) is 0 Å². The largest absolute Gasteiger partial charge is 0.494 e. The zero-order valence-corrected chi connectivity index (χ0v) is 23.7. The first-order chi connectivity index (χ1) is 20.0. The number of hydrogen-bond donors (Lipinski definition) is 2. The molecule has 41 heavy (non-hydrogen) atoms. The van der Waals surface area contributed by atoms with Crippen molar-refractivity contribution >= 4 is 23.2 Å². The van der Waals surface area contributed by atoms with E-state index in [1.165, 1.54) is 0 Å². The predicted octanol–water partition coefficient (Wildman–Crippen LogP) is 8.12. The highest BCUT2D eigenvalue weighted by molar-refractivity contribution is 6.05. The van der Waals surface area contributed by atoms with Gasteiger partial charge in [0.05, 0.1) is 13.2 Å². The number of fused-ring (bicyclic) bond motifs is 3. The van der Waals surface area contributed by atoms with Gasteiger partial charge in [-0.15, -0.1) is 0 Å². The topological polar surface area (TPSA) is 76.7 Å². The van der Waals surface area contributed by atoms with Gasteiger partial charge in [-0.25, -0.2) is 0 Å². The third-order valence-electron chi connectivity index (χ3n) is 7.16. The first-order valence-electron chi connectivity index (χ1n) is 14.4. The first-order valence-corrected chi connectivity index (χ1v) is 14.4. The minimum absolute atomic E-state index is 0.161. The van der Waals surface area contributed by atoms with Crippen LogP contribution in [0.1, 0.15) is 71.4 Å². The van der Waals surface area contributed by atoms with Crippen molar-refractivity contribution in [3.05, 3.63) is 107 Å². The number of ether oxygens (including phenoxy) is 2. The molecular formula is C35H36N2O4. The molecule has 2 amide bonds. The quantitative estimate of drug-likeness (QED) is 0.154. The van der Waals surface area contributed by atoms with Crippen LogP contribution in [0, 0.1) is 0 Å². The van der Waals surface area contributed by atoms with E-state index in [4.69, 9.17) is 9.47 Å². The molecule has 6 nitrogen and oxygen atoms in total. The van der Waals surface area contributed by atoms with Crippen molar-refractivity contribution in [1.82, 2.24) is 0 Å². The molecule has 0 atom stereocenters. The number of benzene rings is 4. The lowest BCUT2D eigenvalue weighted by Crippen LogP contribution is -2.12. The Morgan fingerprint density at radius 1 is 0.610 bits per heavy atom. The van der Waals surface area contributed by atoms with Crippen LogP contribution in [0.15, 0.2) is 84.9 Å². The number of amides is 2. The lowest BCUT2D eigenvalue weighted by molar-refractivity contribution is 0.101. The highest BCUT2D eigenvalue weighted by Crippen LogP contribution is 2.39. The molecular weight excluding hydrogens is 512 g/mol. The molecule has 4 aromatic carbocycles. The summed E-state index contributed by atoms with van der Waals surface area (Å²) in [7, 11) is 0. The number of hydrogen-bond acceptors (Lipinski definition) is 4. The van der Waals surface area contributed by atoms with Gasteiger partial charge in [0.25, 0.3) is 11.8 Å². The Balaban J connectivity index is 1.19. The third kappa shape index (κ3) is 6.95. The normalized spacial score (nSPS) is 11.4. The van der Waals surface area contributed by atoms with Gasteiger partial charge in [-0.05, 0) is 114 Å². The maximum atomic E-state index is 12.8. The van der Waals surface area contributed by atoms with Gasteiger partial charge in [0.15, 0.2) is 0 Å². The van der Waals surface area contributed by atoms with Gasteiger partial charge in [0.2, 0.25) is 0 Å². The molecule has 0 spiro atoms. The molecule has 6 heteroatoms. The van der Waals surface area contributed by atoms with E-state index in [1.807, 2.05) is 60.7 Å². The smallest absolute Gasteiger partial charge is 0.255 e. The van der Waals surface area contributed by atoms with Gasteiger partial charge in [-0.3, -0.25) is 9.59 Å². The van der Waals surface area contributed by atoms with Crippen LogP contribution in [0.3, 0.4) is 0 Å². The lowest BCUT2D eigenvalue weighted by atomic mass is 10.0. The van der Waals surface area contributed by atoms with E-state index in [9.17, 15) is 9.59 Å². The number of anilines is 2. The summed E-state index contributed by atoms with van der Waals surface area (Å²) in [5.74, 6) is 1.22. The number of unbranched alkanes of at least 4 members (excludes halogenated alkanes) is 2. The second-order valence-corrected chi connectivity index (χ2v) is 10.3. The molecule has 0 bridgehead atoms. The highest BCUT2D eigenvalue weighted by atomic mass is 16.5. The molecule has 0 radical (unpaired) electrons. The molecule has 5 rings (SSSR count). The first kappa shape index (κ1) is 28.0. The summed E-state index contributed by atoms with van der Waals surface area (Å²) in [6.07, 6.45) is 4.89. The molecule has 0 aliphatic heterocycles. The molecule has 0 unspecified atom stereocenters. The van der Waals surface area contributed by atoms with Crippen molar-refractivity contribution in [3.8, 4) is 22.6 Å². The molecule has 0 saturated heterocycles. The van der Waals surface area contributed by atoms with E-state index in [0.717, 1.165) is 77.2 Å². The molecule has 0 aromatic heterocycles. The van der Waals surface area contributed by atoms with Crippen LogP contribution in [0.4, 0.5) is 11.4 Å². The maximum Gasteiger partial charge on any atom is 0.255 e. The minimum Gasteiger partial charge on any atom is -0.494 e. The Hall–Kier alpha value is -4.58. The zero-order chi connectivity index (χ0) is 28.6. The molecule has 2 N–H and O–H groups in total. The number of rotatable bonds is 12. The fourth-order valence-electron chi connectivity index (χ4n) is 4.85. The van der Waals surface area contributed by atoms with Crippen LogP contribution in [-0.2, 0) is 6.42 Å². The van der Waals surface area contributed by atoms with Crippen molar-refractivity contribution in [2.24, 2.45) is 0 Å². The summed E-state index contributed by atoms with van der Waals surface area (Å²) in [6.45, 7) is 5.60. The van der Waals surface area contributed by atoms with E-state index in [0.29, 0.717) is 24.3 Å². The van der Waals surface area contributed by atoms with Crippen LogP contribution in [0.25, 0.3) is 11.1 Å². The molecule has 210 valence electrons. The monoisotopic (exact) mass is 548 g/mol. The fraction of sp³-hybridized carbons (Fsp3) is 0.257. The van der Waals surface area contributed by atoms with Crippen molar-refractivity contribution in [1.29, 1.82) is 0 Å². The van der Waals surface area contributed by atoms with Crippen LogP contribution >= 0.6 is 0 Å². The summed E-state index contributed by atoms with van der Waals surface area (Å²) >= 11 is 0. The van der Waals surface area contributed by atoms with Gasteiger partial charge in [0.1, 0.15) is 11.5 Å². The Morgan fingerprint density at radius 3 is 1.41 bits per heavy atom. The van der Waals surface area contributed by atoms with Crippen molar-refractivity contribution in [3.63, 3.8) is 0 Å². The standard InChI is InChI=1S/C35H36N2O4/c1-3-5-19-40-30-13-7-24(8-14-30)34(38)36-28-11-17-32-26(22-28)21-27-23-29(12-18-33(27)32)37-35(39)25-9-15-31(16-10-25)41-20-6-4-2/h7-18,22-23H,3-6,19-21H2,1-2H3,(H,36,38)(H,37,39). The zero-order valence-electron chi connectivity index (χ0n) is 23.7. The van der Waals surface area contributed by atoms with E-state index < -0.39 is 0 Å². The average Bonchev–Trinajstić information content (AvgIpc) is 3.35. The Bertz CT molecular complexity index is 1400. The molecule has 0 saturated carbocycles. The van der Waals surface area contributed by atoms with Gasteiger partial charge in [0, 0.05) is 22.5 Å². The van der Waals surface area contributed by atoms with Crippen molar-refractivity contribution in [2.45, 2.75) is 46.0 Å². The van der Waals surface area contributed by atoms with E-state index in [-0.39, 0.29) is 11.8 Å². The SMILES string of the molecule is CCCCOc1ccc(C(=O)Nc2ccc3c(c2)Cc2cc(NC(=O)c4ccc(OCCCC)cc4)ccc2-3)cc1. The fourth-order valence-corrected chi connectivity index (χ4v) is 4.85. The van der Waals surface area contributed by atoms with Gasteiger partial charge < -0.3 is 20.1 Å². The summed E-state index contributed by atoms with van der Waals surface area (Å²) in [6, 6.07) is 26.5. The maximum absolute atomic E-state index is 12.8. The third-order valence-corrected chi connectivity index (χ3v) is 7.16. The summed E-state index contributed by atoms with van der Waals surface area (Å²) in [5.41, 5.74) is 7.22. The molecule has 1 aliphatic rings. The average molecular weight is 549 g/mol. The van der Waals surface area contributed by atoms with E-state index >= 15 is 0 Å². The molecule has 0 fully saturated rings. The number of nitrogens with one attached hydrogen (secondary N) is 2. The highest BCUT2D eigenvalue weighted by Gasteiger charge is 2.20.